The number of carbonyl (C=O) groups excluding carboxylic acids is 1. The minimum atomic E-state index is -0.186. The summed E-state index contributed by atoms with van der Waals surface area (Å²) in [6.45, 7) is 1.95. The molecule has 0 spiro atoms. The van der Waals surface area contributed by atoms with Crippen LogP contribution in [0, 0.1) is 11.8 Å². The van der Waals surface area contributed by atoms with E-state index >= 15 is 0 Å². The molecule has 2 aromatic heterocycles. The van der Waals surface area contributed by atoms with Gasteiger partial charge >= 0.3 is 0 Å². The van der Waals surface area contributed by atoms with E-state index in [1.165, 1.54) is 0 Å². The maximum absolute atomic E-state index is 13.7. The highest BCUT2D eigenvalue weighted by atomic mass is 16.2. The van der Waals surface area contributed by atoms with Gasteiger partial charge in [-0.25, -0.2) is 0 Å². The van der Waals surface area contributed by atoms with E-state index in [9.17, 15) is 9.59 Å². The molecular weight excluding hydrogens is 376 g/mol. The zero-order valence-electron chi connectivity index (χ0n) is 16.6. The van der Waals surface area contributed by atoms with Crippen molar-refractivity contribution in [2.24, 2.45) is 7.05 Å². The van der Waals surface area contributed by atoms with Gasteiger partial charge in [-0.05, 0) is 30.7 Å². The first-order valence-corrected chi connectivity index (χ1v) is 9.70. The van der Waals surface area contributed by atoms with Gasteiger partial charge in [0.1, 0.15) is 0 Å². The van der Waals surface area contributed by atoms with E-state index in [0.29, 0.717) is 39.7 Å². The maximum atomic E-state index is 13.7. The number of aromatic nitrogens is 3. The lowest BCUT2D eigenvalue weighted by Gasteiger charge is -2.16. The molecule has 146 valence electrons. The molecule has 0 aliphatic carbocycles. The first-order chi connectivity index (χ1) is 14.6. The average molecular weight is 394 g/mol. The van der Waals surface area contributed by atoms with Crippen LogP contribution in [0.15, 0.2) is 59.7 Å². The standard InChI is InChI=1S/C24H18N4O2/c1-3-19-22-21-18(26-23(22)29)12-11-16(10-9-15-13-25-27(2)14-15)20(21)24(30)28(19)17-7-5-4-6-8-17/h4-8,11-14H,3H2,1-2H3,(H,26,29). The number of amides is 1. The van der Waals surface area contributed by atoms with Gasteiger partial charge in [0.2, 0.25) is 0 Å². The van der Waals surface area contributed by atoms with Gasteiger partial charge in [0.05, 0.1) is 28.4 Å². The Morgan fingerprint density at radius 1 is 1.03 bits per heavy atom. The second-order valence-corrected chi connectivity index (χ2v) is 7.17. The number of nitrogens with zero attached hydrogens (tertiary/aromatic N) is 3. The number of nitrogens with one attached hydrogen (secondary N) is 1. The van der Waals surface area contributed by atoms with E-state index in [-0.39, 0.29) is 11.5 Å². The molecule has 0 radical (unpaired) electrons. The van der Waals surface area contributed by atoms with E-state index in [4.69, 9.17) is 0 Å². The predicted octanol–water partition coefficient (Wildman–Crippen LogP) is 3.25. The van der Waals surface area contributed by atoms with Gasteiger partial charge in [0, 0.05) is 35.6 Å². The number of rotatable bonds is 2. The highest BCUT2D eigenvalue weighted by Gasteiger charge is 2.30. The molecule has 0 atom stereocenters. The first-order valence-electron chi connectivity index (χ1n) is 9.70. The van der Waals surface area contributed by atoms with Crippen molar-refractivity contribution >= 4 is 22.4 Å². The molecule has 0 bridgehead atoms. The second-order valence-electron chi connectivity index (χ2n) is 7.17. The number of pyridine rings is 1. The molecule has 2 aromatic carbocycles. The molecule has 1 N–H and O–H groups in total. The van der Waals surface area contributed by atoms with Crippen LogP contribution in [0.5, 0.6) is 0 Å². The third-order valence-electron chi connectivity index (χ3n) is 5.30. The summed E-state index contributed by atoms with van der Waals surface area (Å²) in [6.07, 6.45) is 4.04. The molecule has 0 saturated heterocycles. The summed E-state index contributed by atoms with van der Waals surface area (Å²) in [4.78, 5) is 26.6. The molecule has 5 rings (SSSR count). The van der Waals surface area contributed by atoms with Gasteiger partial charge in [-0.15, -0.1) is 0 Å². The van der Waals surface area contributed by atoms with Crippen LogP contribution in [0.25, 0.3) is 16.5 Å². The zero-order valence-corrected chi connectivity index (χ0v) is 16.6. The van der Waals surface area contributed by atoms with Gasteiger partial charge in [0.25, 0.3) is 11.5 Å². The third-order valence-corrected chi connectivity index (χ3v) is 5.30. The van der Waals surface area contributed by atoms with Crippen LogP contribution >= 0.6 is 0 Å². The fourth-order valence-corrected chi connectivity index (χ4v) is 4.02. The van der Waals surface area contributed by atoms with Crippen LogP contribution in [0.4, 0.5) is 5.69 Å². The van der Waals surface area contributed by atoms with Crippen molar-refractivity contribution in [3.05, 3.63) is 87.6 Å². The zero-order chi connectivity index (χ0) is 20.8. The number of aryl methyl sites for hydroxylation is 1. The summed E-state index contributed by atoms with van der Waals surface area (Å²) in [7, 11) is 1.83. The van der Waals surface area contributed by atoms with Crippen molar-refractivity contribution in [2.75, 3.05) is 5.32 Å². The summed E-state index contributed by atoms with van der Waals surface area (Å²) < 4.78 is 3.32. The van der Waals surface area contributed by atoms with Crippen molar-refractivity contribution in [3.8, 4) is 17.5 Å². The Bertz CT molecular complexity index is 1450. The van der Waals surface area contributed by atoms with E-state index < -0.39 is 0 Å². The molecular formula is C24H18N4O2. The van der Waals surface area contributed by atoms with Crippen LogP contribution in [0.2, 0.25) is 0 Å². The number of para-hydroxylation sites is 1. The van der Waals surface area contributed by atoms with Crippen molar-refractivity contribution in [3.63, 3.8) is 0 Å². The number of benzene rings is 2. The van der Waals surface area contributed by atoms with Crippen molar-refractivity contribution < 1.29 is 4.79 Å². The fraction of sp³-hybridized carbons (Fsp3) is 0.125. The molecule has 0 unspecified atom stereocenters. The maximum Gasteiger partial charge on any atom is 0.264 e. The Morgan fingerprint density at radius 3 is 2.53 bits per heavy atom. The molecule has 6 heteroatoms. The minimum absolute atomic E-state index is 0.175. The Kier molecular flexibility index (Phi) is 4.04. The number of hydrogen-bond acceptors (Lipinski definition) is 3. The number of anilines is 1. The monoisotopic (exact) mass is 394 g/mol. The topological polar surface area (TPSA) is 68.9 Å². The molecule has 0 fully saturated rings. The highest BCUT2D eigenvalue weighted by Crippen LogP contribution is 2.36. The van der Waals surface area contributed by atoms with Crippen LogP contribution in [-0.2, 0) is 13.5 Å². The van der Waals surface area contributed by atoms with E-state index in [1.807, 2.05) is 56.6 Å². The Balaban J connectivity index is 1.88. The fourth-order valence-electron chi connectivity index (χ4n) is 4.02. The van der Waals surface area contributed by atoms with Gasteiger partial charge in [-0.2, -0.15) is 5.10 Å². The normalized spacial score (nSPS) is 12.0. The van der Waals surface area contributed by atoms with Gasteiger partial charge in [0.15, 0.2) is 0 Å². The second kappa shape index (κ2) is 6.75. The van der Waals surface area contributed by atoms with Crippen LogP contribution in [0.3, 0.4) is 0 Å². The lowest BCUT2D eigenvalue weighted by Crippen LogP contribution is -2.25. The third kappa shape index (κ3) is 2.64. The van der Waals surface area contributed by atoms with E-state index in [0.717, 1.165) is 11.3 Å². The van der Waals surface area contributed by atoms with E-state index in [2.05, 4.69) is 22.3 Å². The summed E-state index contributed by atoms with van der Waals surface area (Å²) in [5.41, 5.74) is 3.81. The highest BCUT2D eigenvalue weighted by molar-refractivity contribution is 6.25. The first kappa shape index (κ1) is 18.0. The molecule has 30 heavy (non-hydrogen) atoms. The van der Waals surface area contributed by atoms with Gasteiger partial charge in [-0.3, -0.25) is 18.8 Å². The lowest BCUT2D eigenvalue weighted by molar-refractivity contribution is 0.103. The summed E-state index contributed by atoms with van der Waals surface area (Å²) in [5, 5.41) is 8.15. The molecule has 1 aliphatic rings. The molecule has 4 aromatic rings. The molecule has 1 aliphatic heterocycles. The smallest absolute Gasteiger partial charge is 0.264 e. The Hall–Kier alpha value is -4.11. The van der Waals surface area contributed by atoms with E-state index in [1.54, 1.807) is 21.5 Å². The van der Waals surface area contributed by atoms with Crippen LogP contribution in [0.1, 0.15) is 34.1 Å². The number of hydrogen-bond donors (Lipinski definition) is 1. The van der Waals surface area contributed by atoms with Gasteiger partial charge < -0.3 is 5.32 Å². The Morgan fingerprint density at radius 2 is 1.83 bits per heavy atom. The van der Waals surface area contributed by atoms with Crippen molar-refractivity contribution in [1.29, 1.82) is 0 Å². The molecule has 6 nitrogen and oxygen atoms in total. The molecule has 0 saturated carbocycles. The van der Waals surface area contributed by atoms with Crippen LogP contribution in [-0.4, -0.2) is 20.3 Å². The largest absolute Gasteiger partial charge is 0.321 e. The predicted molar refractivity (Wildman–Crippen MR) is 116 cm³/mol. The molecule has 1 amide bonds. The SMILES string of the molecule is CCc1c2c3c(ccc(C#Cc4cnn(C)c4)c3c(=O)n1-c1ccccc1)NC2=O. The minimum Gasteiger partial charge on any atom is -0.321 e. The molecule has 3 heterocycles. The lowest BCUT2D eigenvalue weighted by atomic mass is 9.99. The summed E-state index contributed by atoms with van der Waals surface area (Å²) >= 11 is 0. The Labute approximate surface area is 172 Å². The van der Waals surface area contributed by atoms with Gasteiger partial charge in [-0.1, -0.05) is 37.0 Å². The van der Waals surface area contributed by atoms with Crippen molar-refractivity contribution in [2.45, 2.75) is 13.3 Å². The number of carbonyl (C=O) groups is 1. The van der Waals surface area contributed by atoms with Crippen molar-refractivity contribution in [1.82, 2.24) is 14.3 Å². The quantitative estimate of drug-likeness (QED) is 0.531. The average Bonchev–Trinajstić information content (AvgIpc) is 3.32. The summed E-state index contributed by atoms with van der Waals surface area (Å²) in [6, 6.07) is 13.0. The van der Waals surface area contributed by atoms with Crippen LogP contribution < -0.4 is 10.9 Å². The summed E-state index contributed by atoms with van der Waals surface area (Å²) in [5.74, 6) is 6.00.